The first kappa shape index (κ1) is 15.4. The largest absolute Gasteiger partial charge is 0.339 e. The molecule has 5 nitrogen and oxygen atoms in total. The summed E-state index contributed by atoms with van der Waals surface area (Å²) >= 11 is 1.52. The second-order valence-electron chi connectivity index (χ2n) is 5.00. The normalized spacial score (nSPS) is 10.7. The van der Waals surface area contributed by atoms with E-state index in [1.807, 2.05) is 17.5 Å². The number of nitrogens with zero attached hydrogens (tertiary/aromatic N) is 2. The molecule has 1 amide bonds. The Morgan fingerprint density at radius 3 is 3.00 bits per heavy atom. The van der Waals surface area contributed by atoms with Crippen molar-refractivity contribution in [3.05, 3.63) is 53.0 Å². The minimum absolute atomic E-state index is 0.185. The van der Waals surface area contributed by atoms with E-state index < -0.39 is 0 Å². The van der Waals surface area contributed by atoms with Crippen molar-refractivity contribution in [2.24, 2.45) is 0 Å². The lowest BCUT2D eigenvalue weighted by Crippen LogP contribution is -2.13. The molecule has 118 valence electrons. The number of carbonyl (C=O) groups excluding carboxylic acids is 1. The van der Waals surface area contributed by atoms with Crippen LogP contribution in [0.3, 0.4) is 0 Å². The van der Waals surface area contributed by atoms with E-state index in [0.717, 1.165) is 4.88 Å². The Morgan fingerprint density at radius 1 is 1.39 bits per heavy atom. The molecule has 7 heteroatoms. The van der Waals surface area contributed by atoms with Crippen LogP contribution in [-0.2, 0) is 11.2 Å². The molecule has 1 aromatic carbocycles. The lowest BCUT2D eigenvalue weighted by molar-refractivity contribution is -0.116. The van der Waals surface area contributed by atoms with Gasteiger partial charge in [0.25, 0.3) is 0 Å². The quantitative estimate of drug-likeness (QED) is 0.772. The lowest BCUT2D eigenvalue weighted by atomic mass is 10.2. The van der Waals surface area contributed by atoms with Gasteiger partial charge in [0, 0.05) is 18.5 Å². The Labute approximate surface area is 136 Å². The fourth-order valence-electron chi connectivity index (χ4n) is 2.06. The van der Waals surface area contributed by atoms with Crippen LogP contribution in [0, 0.1) is 12.7 Å². The van der Waals surface area contributed by atoms with E-state index in [0.29, 0.717) is 29.4 Å². The van der Waals surface area contributed by atoms with Gasteiger partial charge in [-0.2, -0.15) is 4.98 Å². The molecule has 0 aliphatic carbocycles. The third-order valence-electron chi connectivity index (χ3n) is 3.24. The standard InChI is InChI=1S/C16H14FN3O2S/c1-10-9-11(17)4-5-12(10)18-14(21)6-7-15-19-16(20-22-15)13-3-2-8-23-13/h2-5,8-9H,6-7H2,1H3,(H,18,21). The maximum Gasteiger partial charge on any atom is 0.227 e. The number of thiophene rings is 1. The van der Waals surface area contributed by atoms with Crippen molar-refractivity contribution in [2.45, 2.75) is 19.8 Å². The number of halogens is 1. The smallest absolute Gasteiger partial charge is 0.227 e. The number of aryl methyl sites for hydroxylation is 2. The van der Waals surface area contributed by atoms with Gasteiger partial charge < -0.3 is 9.84 Å². The molecule has 0 bridgehead atoms. The SMILES string of the molecule is Cc1cc(F)ccc1NC(=O)CCc1nc(-c2cccs2)no1. The molecule has 1 N–H and O–H groups in total. The van der Waals surface area contributed by atoms with E-state index in [1.54, 1.807) is 13.0 Å². The second-order valence-corrected chi connectivity index (χ2v) is 5.94. The van der Waals surface area contributed by atoms with Crippen molar-refractivity contribution < 1.29 is 13.7 Å². The third-order valence-corrected chi connectivity index (χ3v) is 4.10. The number of carbonyl (C=O) groups is 1. The Kier molecular flexibility index (Phi) is 4.47. The molecule has 0 radical (unpaired) electrons. The van der Waals surface area contributed by atoms with Gasteiger partial charge in [0.15, 0.2) is 0 Å². The second kappa shape index (κ2) is 6.70. The zero-order valence-corrected chi connectivity index (χ0v) is 13.2. The molecule has 2 heterocycles. The van der Waals surface area contributed by atoms with Crippen molar-refractivity contribution in [1.29, 1.82) is 0 Å². The summed E-state index contributed by atoms with van der Waals surface area (Å²) in [6.45, 7) is 1.74. The van der Waals surface area contributed by atoms with E-state index in [-0.39, 0.29) is 18.1 Å². The molecular formula is C16H14FN3O2S. The number of amides is 1. The molecule has 0 unspecified atom stereocenters. The number of aromatic nitrogens is 2. The summed E-state index contributed by atoms with van der Waals surface area (Å²) in [6, 6.07) is 8.05. The molecule has 0 fully saturated rings. The molecule has 0 aliphatic rings. The minimum Gasteiger partial charge on any atom is -0.339 e. The van der Waals surface area contributed by atoms with Crippen molar-refractivity contribution in [1.82, 2.24) is 10.1 Å². The van der Waals surface area contributed by atoms with E-state index in [9.17, 15) is 9.18 Å². The summed E-state index contributed by atoms with van der Waals surface area (Å²) in [5.74, 6) is 0.437. The van der Waals surface area contributed by atoms with Gasteiger partial charge in [-0.05, 0) is 42.1 Å². The highest BCUT2D eigenvalue weighted by atomic mass is 32.1. The lowest BCUT2D eigenvalue weighted by Gasteiger charge is -2.07. The third kappa shape index (κ3) is 3.81. The molecule has 3 rings (SSSR count). The van der Waals surface area contributed by atoms with Crippen LogP contribution in [0.15, 0.2) is 40.2 Å². The summed E-state index contributed by atoms with van der Waals surface area (Å²) in [5, 5.41) is 8.58. The van der Waals surface area contributed by atoms with Crippen LogP contribution < -0.4 is 5.32 Å². The monoisotopic (exact) mass is 331 g/mol. The first-order chi connectivity index (χ1) is 11.1. The van der Waals surface area contributed by atoms with Gasteiger partial charge in [0.05, 0.1) is 4.88 Å². The van der Waals surface area contributed by atoms with Gasteiger partial charge in [0.2, 0.25) is 17.6 Å². The van der Waals surface area contributed by atoms with E-state index >= 15 is 0 Å². The van der Waals surface area contributed by atoms with E-state index in [1.165, 1.54) is 23.5 Å². The van der Waals surface area contributed by atoms with Crippen molar-refractivity contribution in [2.75, 3.05) is 5.32 Å². The van der Waals surface area contributed by atoms with Crippen LogP contribution in [0.25, 0.3) is 10.7 Å². The summed E-state index contributed by atoms with van der Waals surface area (Å²) in [7, 11) is 0. The number of hydrogen-bond acceptors (Lipinski definition) is 5. The van der Waals surface area contributed by atoms with Crippen molar-refractivity contribution in [3.63, 3.8) is 0 Å². The minimum atomic E-state index is -0.326. The summed E-state index contributed by atoms with van der Waals surface area (Å²) in [5.41, 5.74) is 1.28. The van der Waals surface area contributed by atoms with Crippen LogP contribution in [0.2, 0.25) is 0 Å². The highest BCUT2D eigenvalue weighted by Gasteiger charge is 2.12. The molecule has 0 saturated carbocycles. The summed E-state index contributed by atoms with van der Waals surface area (Å²) in [4.78, 5) is 17.2. The fraction of sp³-hybridized carbons (Fsp3) is 0.188. The average Bonchev–Trinajstić information content (AvgIpc) is 3.18. The Bertz CT molecular complexity index is 815. The summed E-state index contributed by atoms with van der Waals surface area (Å²) < 4.78 is 18.2. The maximum atomic E-state index is 13.0. The number of anilines is 1. The number of nitrogens with one attached hydrogen (secondary N) is 1. The highest BCUT2D eigenvalue weighted by Crippen LogP contribution is 2.21. The van der Waals surface area contributed by atoms with Gasteiger partial charge >= 0.3 is 0 Å². The maximum absolute atomic E-state index is 13.0. The number of hydrogen-bond donors (Lipinski definition) is 1. The van der Waals surface area contributed by atoms with Gasteiger partial charge in [-0.3, -0.25) is 4.79 Å². The molecule has 23 heavy (non-hydrogen) atoms. The molecule has 0 aliphatic heterocycles. The zero-order chi connectivity index (χ0) is 16.2. The van der Waals surface area contributed by atoms with E-state index in [4.69, 9.17) is 4.52 Å². The van der Waals surface area contributed by atoms with Crippen LogP contribution in [0.5, 0.6) is 0 Å². The molecule has 0 spiro atoms. The molecule has 3 aromatic rings. The van der Waals surface area contributed by atoms with Gasteiger partial charge in [0.1, 0.15) is 5.82 Å². The highest BCUT2D eigenvalue weighted by molar-refractivity contribution is 7.13. The predicted molar refractivity (Wildman–Crippen MR) is 85.7 cm³/mol. The molecule has 2 aromatic heterocycles. The molecule has 0 saturated heterocycles. The van der Waals surface area contributed by atoms with Gasteiger partial charge in [-0.1, -0.05) is 11.2 Å². The van der Waals surface area contributed by atoms with Crippen molar-refractivity contribution in [3.8, 4) is 10.7 Å². The fourth-order valence-corrected chi connectivity index (χ4v) is 2.71. The van der Waals surface area contributed by atoms with Gasteiger partial charge in [-0.15, -0.1) is 11.3 Å². The Morgan fingerprint density at radius 2 is 2.26 bits per heavy atom. The van der Waals surface area contributed by atoms with Crippen LogP contribution in [-0.4, -0.2) is 16.0 Å². The first-order valence-corrected chi connectivity index (χ1v) is 7.92. The van der Waals surface area contributed by atoms with Crippen LogP contribution in [0.4, 0.5) is 10.1 Å². The van der Waals surface area contributed by atoms with Crippen LogP contribution in [0.1, 0.15) is 17.9 Å². The Balaban J connectivity index is 1.57. The average molecular weight is 331 g/mol. The van der Waals surface area contributed by atoms with Crippen molar-refractivity contribution >= 4 is 22.9 Å². The summed E-state index contributed by atoms with van der Waals surface area (Å²) in [6.07, 6.45) is 0.563. The zero-order valence-electron chi connectivity index (χ0n) is 12.4. The number of rotatable bonds is 5. The van der Waals surface area contributed by atoms with Gasteiger partial charge in [-0.25, -0.2) is 4.39 Å². The van der Waals surface area contributed by atoms with E-state index in [2.05, 4.69) is 15.5 Å². The topological polar surface area (TPSA) is 68.0 Å². The first-order valence-electron chi connectivity index (χ1n) is 7.04. The molecule has 0 atom stereocenters. The van der Waals surface area contributed by atoms with Crippen LogP contribution >= 0.6 is 11.3 Å². The predicted octanol–water partition coefficient (Wildman–Crippen LogP) is 3.82. The molecular weight excluding hydrogens is 317 g/mol. The Hall–Kier alpha value is -2.54. The number of benzene rings is 1.